The predicted molar refractivity (Wildman–Crippen MR) is 104 cm³/mol. The van der Waals surface area contributed by atoms with E-state index in [4.69, 9.17) is 14.2 Å². The minimum atomic E-state index is -0.293. The second-order valence-electron chi connectivity index (χ2n) is 5.08. The van der Waals surface area contributed by atoms with Gasteiger partial charge >= 0.3 is 0 Å². The molecule has 2 aromatic rings. The summed E-state index contributed by atoms with van der Waals surface area (Å²) in [6.07, 6.45) is 1.50. The van der Waals surface area contributed by atoms with Crippen LogP contribution in [0.25, 0.3) is 0 Å². The molecule has 0 aromatic heterocycles. The number of hydrazone groups is 1. The molecule has 0 atom stereocenters. The molecule has 0 saturated carbocycles. The number of hydrogen-bond acceptors (Lipinski definition) is 6. The van der Waals surface area contributed by atoms with Crippen LogP contribution in [0.15, 0.2) is 46.0 Å². The molecule has 138 valence electrons. The van der Waals surface area contributed by atoms with Gasteiger partial charge in [0, 0.05) is 11.6 Å². The van der Waals surface area contributed by atoms with Crippen molar-refractivity contribution in [2.45, 2.75) is 0 Å². The number of ether oxygens (including phenoxy) is 3. The number of para-hydroxylation sites is 2. The molecule has 0 bridgehead atoms. The first-order valence-electron chi connectivity index (χ1n) is 7.69. The highest BCUT2D eigenvalue weighted by Gasteiger charge is 2.08. The fourth-order valence-electron chi connectivity index (χ4n) is 2.16. The van der Waals surface area contributed by atoms with Crippen LogP contribution in [0.2, 0.25) is 0 Å². The number of carbonyl (C=O) groups excluding carboxylic acids is 1. The SMILES string of the molecule is COc1cc(OC)c(/C=N/NC(=O)CNc2ccccc2OC)cc1Br. The topological polar surface area (TPSA) is 81.2 Å². The average Bonchev–Trinajstić information content (AvgIpc) is 2.66. The number of rotatable bonds is 8. The fraction of sp³-hybridized carbons (Fsp3) is 0.222. The summed E-state index contributed by atoms with van der Waals surface area (Å²) in [6, 6.07) is 10.9. The Morgan fingerprint density at radius 3 is 2.46 bits per heavy atom. The maximum absolute atomic E-state index is 11.9. The van der Waals surface area contributed by atoms with Gasteiger partial charge in [-0.1, -0.05) is 12.1 Å². The Bertz CT molecular complexity index is 796. The summed E-state index contributed by atoms with van der Waals surface area (Å²) in [5, 5.41) is 6.96. The van der Waals surface area contributed by atoms with Gasteiger partial charge in [0.1, 0.15) is 17.2 Å². The smallest absolute Gasteiger partial charge is 0.259 e. The quantitative estimate of drug-likeness (QED) is 0.505. The van der Waals surface area contributed by atoms with E-state index in [9.17, 15) is 4.79 Å². The summed E-state index contributed by atoms with van der Waals surface area (Å²) in [6.45, 7) is 0.0567. The Kier molecular flexibility index (Phi) is 7.28. The van der Waals surface area contributed by atoms with Crippen LogP contribution in [0.4, 0.5) is 5.69 Å². The number of nitrogens with one attached hydrogen (secondary N) is 2. The Hall–Kier alpha value is -2.74. The number of nitrogens with zero attached hydrogens (tertiary/aromatic N) is 1. The summed E-state index contributed by atoms with van der Waals surface area (Å²) in [7, 11) is 4.70. The molecule has 8 heteroatoms. The lowest BCUT2D eigenvalue weighted by Crippen LogP contribution is -2.26. The third-order valence-corrected chi connectivity index (χ3v) is 4.06. The fourth-order valence-corrected chi connectivity index (χ4v) is 2.69. The van der Waals surface area contributed by atoms with Crippen LogP contribution >= 0.6 is 15.9 Å². The number of amides is 1. The Labute approximate surface area is 160 Å². The van der Waals surface area contributed by atoms with Crippen molar-refractivity contribution in [1.29, 1.82) is 0 Å². The van der Waals surface area contributed by atoms with Crippen molar-refractivity contribution in [3.05, 3.63) is 46.4 Å². The average molecular weight is 422 g/mol. The molecule has 0 spiro atoms. The number of methoxy groups -OCH3 is 3. The van der Waals surface area contributed by atoms with Gasteiger partial charge in [-0.15, -0.1) is 0 Å². The van der Waals surface area contributed by atoms with Crippen molar-refractivity contribution in [3.63, 3.8) is 0 Å². The number of carbonyl (C=O) groups is 1. The lowest BCUT2D eigenvalue weighted by molar-refractivity contribution is -0.119. The first kappa shape index (κ1) is 19.6. The van der Waals surface area contributed by atoms with Gasteiger partial charge in [0.05, 0.1) is 44.2 Å². The zero-order chi connectivity index (χ0) is 18.9. The maximum Gasteiger partial charge on any atom is 0.259 e. The van der Waals surface area contributed by atoms with E-state index in [-0.39, 0.29) is 12.5 Å². The van der Waals surface area contributed by atoms with Gasteiger partial charge in [-0.25, -0.2) is 5.43 Å². The van der Waals surface area contributed by atoms with E-state index in [1.165, 1.54) is 6.21 Å². The summed E-state index contributed by atoms with van der Waals surface area (Å²) >= 11 is 3.40. The van der Waals surface area contributed by atoms with Gasteiger partial charge < -0.3 is 19.5 Å². The molecule has 0 aliphatic rings. The van der Waals surface area contributed by atoms with Crippen LogP contribution in [-0.4, -0.2) is 40.0 Å². The molecular weight excluding hydrogens is 402 g/mol. The summed E-state index contributed by atoms with van der Waals surface area (Å²) in [5.74, 6) is 1.59. The molecule has 0 aliphatic heterocycles. The number of halogens is 1. The van der Waals surface area contributed by atoms with Crippen LogP contribution in [0, 0.1) is 0 Å². The molecule has 0 saturated heterocycles. The maximum atomic E-state index is 11.9. The van der Waals surface area contributed by atoms with Crippen molar-refractivity contribution >= 4 is 33.7 Å². The zero-order valence-corrected chi connectivity index (χ0v) is 16.3. The number of anilines is 1. The van der Waals surface area contributed by atoms with Crippen LogP contribution in [0.3, 0.4) is 0 Å². The predicted octanol–water partition coefficient (Wildman–Crippen LogP) is 3.04. The van der Waals surface area contributed by atoms with Gasteiger partial charge in [0.2, 0.25) is 0 Å². The third-order valence-electron chi connectivity index (χ3n) is 3.44. The van der Waals surface area contributed by atoms with Gasteiger partial charge in [-0.2, -0.15) is 5.10 Å². The second kappa shape index (κ2) is 9.67. The van der Waals surface area contributed by atoms with Crippen LogP contribution in [0.5, 0.6) is 17.2 Å². The first-order valence-corrected chi connectivity index (χ1v) is 8.48. The van der Waals surface area contributed by atoms with E-state index in [0.717, 1.165) is 10.2 Å². The summed E-state index contributed by atoms with van der Waals surface area (Å²) in [4.78, 5) is 11.9. The van der Waals surface area contributed by atoms with Crippen molar-refractivity contribution in [2.75, 3.05) is 33.2 Å². The number of benzene rings is 2. The highest BCUT2D eigenvalue weighted by molar-refractivity contribution is 9.10. The van der Waals surface area contributed by atoms with Crippen molar-refractivity contribution < 1.29 is 19.0 Å². The molecule has 0 aliphatic carbocycles. The third kappa shape index (κ3) is 5.13. The monoisotopic (exact) mass is 421 g/mol. The first-order chi connectivity index (χ1) is 12.6. The Morgan fingerprint density at radius 2 is 1.77 bits per heavy atom. The molecule has 1 amide bonds. The van der Waals surface area contributed by atoms with Gasteiger partial charge in [0.15, 0.2) is 0 Å². The highest BCUT2D eigenvalue weighted by Crippen LogP contribution is 2.31. The van der Waals surface area contributed by atoms with E-state index in [1.54, 1.807) is 33.5 Å². The molecule has 0 unspecified atom stereocenters. The lowest BCUT2D eigenvalue weighted by atomic mass is 10.2. The minimum absolute atomic E-state index is 0.0567. The molecule has 7 nitrogen and oxygen atoms in total. The second-order valence-corrected chi connectivity index (χ2v) is 5.93. The van der Waals surface area contributed by atoms with E-state index < -0.39 is 0 Å². The molecule has 0 radical (unpaired) electrons. The van der Waals surface area contributed by atoms with Gasteiger partial charge in [-0.05, 0) is 34.1 Å². The molecule has 0 fully saturated rings. The van der Waals surface area contributed by atoms with Gasteiger partial charge in [-0.3, -0.25) is 4.79 Å². The Balaban J connectivity index is 1.95. The van der Waals surface area contributed by atoms with Crippen molar-refractivity contribution in [2.24, 2.45) is 5.10 Å². The zero-order valence-electron chi connectivity index (χ0n) is 14.7. The normalized spacial score (nSPS) is 10.5. The van der Waals surface area contributed by atoms with E-state index in [2.05, 4.69) is 31.8 Å². The van der Waals surface area contributed by atoms with E-state index >= 15 is 0 Å². The standard InChI is InChI=1S/C18H20BrN3O4/c1-24-15-7-5-4-6-14(15)20-11-18(23)22-21-10-12-8-13(19)17(26-3)9-16(12)25-2/h4-10,20H,11H2,1-3H3,(H,22,23)/b21-10+. The number of hydrogen-bond donors (Lipinski definition) is 2. The van der Waals surface area contributed by atoms with E-state index in [1.807, 2.05) is 24.3 Å². The summed E-state index contributed by atoms with van der Waals surface area (Å²) < 4.78 is 16.5. The molecule has 2 aromatic carbocycles. The largest absolute Gasteiger partial charge is 0.496 e. The van der Waals surface area contributed by atoms with Crippen LogP contribution in [-0.2, 0) is 4.79 Å². The van der Waals surface area contributed by atoms with Crippen LogP contribution < -0.4 is 25.0 Å². The minimum Gasteiger partial charge on any atom is -0.496 e. The van der Waals surface area contributed by atoms with Crippen molar-refractivity contribution in [1.82, 2.24) is 5.43 Å². The van der Waals surface area contributed by atoms with E-state index in [0.29, 0.717) is 22.8 Å². The molecule has 2 N–H and O–H groups in total. The molecule has 26 heavy (non-hydrogen) atoms. The van der Waals surface area contributed by atoms with Crippen LogP contribution in [0.1, 0.15) is 5.56 Å². The Morgan fingerprint density at radius 1 is 1.08 bits per heavy atom. The van der Waals surface area contributed by atoms with Gasteiger partial charge in [0.25, 0.3) is 5.91 Å². The highest BCUT2D eigenvalue weighted by atomic mass is 79.9. The summed E-state index contributed by atoms with van der Waals surface area (Å²) in [5.41, 5.74) is 3.89. The lowest BCUT2D eigenvalue weighted by Gasteiger charge is -2.10. The molecular formula is C18H20BrN3O4. The molecule has 2 rings (SSSR count). The van der Waals surface area contributed by atoms with Crippen molar-refractivity contribution in [3.8, 4) is 17.2 Å². The molecule has 0 heterocycles.